The number of pyridine rings is 1. The van der Waals surface area contributed by atoms with Gasteiger partial charge in [-0.25, -0.2) is 4.98 Å². The van der Waals surface area contributed by atoms with Gasteiger partial charge >= 0.3 is 0 Å². The monoisotopic (exact) mass is 387 g/mol. The van der Waals surface area contributed by atoms with E-state index in [1.807, 2.05) is 38.2 Å². The second-order valence-electron chi connectivity index (χ2n) is 6.89. The van der Waals surface area contributed by atoms with Crippen molar-refractivity contribution in [2.24, 2.45) is 0 Å². The Bertz CT molecular complexity index is 1110. The van der Waals surface area contributed by atoms with Crippen LogP contribution in [0.15, 0.2) is 48.7 Å². The molecule has 29 heavy (non-hydrogen) atoms. The minimum atomic E-state index is -0.257. The number of benzene rings is 2. The number of aldehydes is 1. The van der Waals surface area contributed by atoms with Gasteiger partial charge in [-0.1, -0.05) is 18.2 Å². The van der Waals surface area contributed by atoms with Gasteiger partial charge in [0.05, 0.1) is 17.1 Å². The molecule has 7 nitrogen and oxygen atoms in total. The number of aromatic nitrogens is 1. The molecule has 2 heterocycles. The van der Waals surface area contributed by atoms with Crippen LogP contribution >= 0.6 is 0 Å². The predicted octanol–water partition coefficient (Wildman–Crippen LogP) is 3.97. The summed E-state index contributed by atoms with van der Waals surface area (Å²) in [6.07, 6.45) is 2.44. The third-order valence-electron chi connectivity index (χ3n) is 4.81. The minimum absolute atomic E-state index is 0.257. The fraction of sp³-hybridized carbons (Fsp3) is 0.136. The molecule has 0 unspecified atom stereocenters. The Balaban J connectivity index is 1.73. The first-order valence-electron chi connectivity index (χ1n) is 9.27. The summed E-state index contributed by atoms with van der Waals surface area (Å²) in [4.78, 5) is 28.6. The van der Waals surface area contributed by atoms with Crippen LogP contribution in [0.25, 0.3) is 0 Å². The van der Waals surface area contributed by atoms with Crippen LogP contribution < -0.4 is 21.3 Å². The molecule has 0 bridgehead atoms. The van der Waals surface area contributed by atoms with Crippen molar-refractivity contribution in [3.05, 3.63) is 70.9 Å². The highest BCUT2D eigenvalue weighted by Gasteiger charge is 2.24. The molecule has 0 fully saturated rings. The molecule has 3 aromatic rings. The highest BCUT2D eigenvalue weighted by atomic mass is 16.1. The SMILES string of the molecule is CNCc1ccc2c(c1)NC(=O)c1c(Nc3cc(C=O)ccc3C)ccnc1N2. The van der Waals surface area contributed by atoms with Gasteiger partial charge in [0.15, 0.2) is 0 Å². The van der Waals surface area contributed by atoms with E-state index in [1.54, 1.807) is 24.4 Å². The molecule has 2 aromatic carbocycles. The Morgan fingerprint density at radius 1 is 1.03 bits per heavy atom. The second kappa shape index (κ2) is 7.73. The number of hydrogen-bond donors (Lipinski definition) is 4. The fourth-order valence-corrected chi connectivity index (χ4v) is 3.31. The third kappa shape index (κ3) is 3.68. The van der Waals surface area contributed by atoms with E-state index < -0.39 is 0 Å². The van der Waals surface area contributed by atoms with Crippen LogP contribution in [0, 0.1) is 6.92 Å². The first-order chi connectivity index (χ1) is 14.1. The van der Waals surface area contributed by atoms with Gasteiger partial charge in [0.2, 0.25) is 0 Å². The van der Waals surface area contributed by atoms with Crippen molar-refractivity contribution in [3.63, 3.8) is 0 Å². The van der Waals surface area contributed by atoms with E-state index >= 15 is 0 Å². The van der Waals surface area contributed by atoms with E-state index in [0.29, 0.717) is 34.9 Å². The number of nitrogens with one attached hydrogen (secondary N) is 4. The largest absolute Gasteiger partial charge is 0.354 e. The van der Waals surface area contributed by atoms with Gasteiger partial charge in [0, 0.05) is 24.0 Å². The number of rotatable bonds is 5. The topological polar surface area (TPSA) is 95.1 Å². The van der Waals surface area contributed by atoms with Crippen LogP contribution in [0.5, 0.6) is 0 Å². The number of aryl methyl sites for hydroxylation is 1. The van der Waals surface area contributed by atoms with Crippen LogP contribution in [-0.2, 0) is 6.54 Å². The number of carbonyl (C=O) groups is 2. The van der Waals surface area contributed by atoms with Crippen molar-refractivity contribution in [2.75, 3.05) is 23.0 Å². The van der Waals surface area contributed by atoms with Crippen molar-refractivity contribution < 1.29 is 9.59 Å². The molecule has 0 radical (unpaired) electrons. The van der Waals surface area contributed by atoms with E-state index in [2.05, 4.69) is 26.3 Å². The van der Waals surface area contributed by atoms with Gasteiger partial charge in [-0.2, -0.15) is 0 Å². The molecular weight excluding hydrogens is 366 g/mol. The Morgan fingerprint density at radius 2 is 1.90 bits per heavy atom. The Morgan fingerprint density at radius 3 is 2.69 bits per heavy atom. The molecule has 7 heteroatoms. The summed E-state index contributed by atoms with van der Waals surface area (Å²) < 4.78 is 0. The molecule has 4 N–H and O–H groups in total. The molecule has 146 valence electrons. The lowest BCUT2D eigenvalue weighted by Gasteiger charge is -2.15. The summed E-state index contributed by atoms with van der Waals surface area (Å²) in [5.74, 6) is 0.212. The summed E-state index contributed by atoms with van der Waals surface area (Å²) in [7, 11) is 1.88. The minimum Gasteiger partial charge on any atom is -0.354 e. The van der Waals surface area contributed by atoms with Crippen molar-refractivity contribution in [3.8, 4) is 0 Å². The zero-order valence-corrected chi connectivity index (χ0v) is 16.2. The normalized spacial score (nSPS) is 12.1. The van der Waals surface area contributed by atoms with Gasteiger partial charge in [-0.3, -0.25) is 9.59 Å². The van der Waals surface area contributed by atoms with Crippen molar-refractivity contribution >= 4 is 40.8 Å². The zero-order valence-electron chi connectivity index (χ0n) is 16.2. The number of anilines is 5. The van der Waals surface area contributed by atoms with Crippen molar-refractivity contribution in [1.29, 1.82) is 0 Å². The first-order valence-corrected chi connectivity index (χ1v) is 9.27. The van der Waals surface area contributed by atoms with E-state index in [0.717, 1.165) is 28.8 Å². The standard InChI is InChI=1S/C22H21N5O2/c1-13-3-4-15(12-28)10-18(13)25-17-7-8-24-21-20(17)22(29)27-19-9-14(11-23-2)5-6-16(19)26-21/h3-10,12,23H,11H2,1-2H3,(H,27,29)(H2,24,25,26). The van der Waals surface area contributed by atoms with E-state index in [4.69, 9.17) is 0 Å². The first kappa shape index (κ1) is 18.6. The van der Waals surface area contributed by atoms with E-state index in [9.17, 15) is 9.59 Å². The molecule has 1 amide bonds. The van der Waals surface area contributed by atoms with E-state index in [-0.39, 0.29) is 5.91 Å². The van der Waals surface area contributed by atoms with Crippen LogP contribution in [-0.4, -0.2) is 24.2 Å². The highest BCUT2D eigenvalue weighted by Crippen LogP contribution is 2.35. The van der Waals surface area contributed by atoms with Gasteiger partial charge in [-0.05, 0) is 49.4 Å². The average molecular weight is 387 g/mol. The lowest BCUT2D eigenvalue weighted by Crippen LogP contribution is -2.14. The number of fused-ring (bicyclic) bond motifs is 2. The number of amides is 1. The molecule has 0 spiro atoms. The number of carbonyl (C=O) groups excluding carboxylic acids is 2. The van der Waals surface area contributed by atoms with Gasteiger partial charge < -0.3 is 21.3 Å². The molecule has 4 rings (SSSR count). The quantitative estimate of drug-likeness (QED) is 0.495. The third-order valence-corrected chi connectivity index (χ3v) is 4.81. The number of hydrogen-bond acceptors (Lipinski definition) is 6. The number of nitrogens with zero attached hydrogens (tertiary/aromatic N) is 1. The van der Waals surface area contributed by atoms with Gasteiger partial charge in [0.25, 0.3) is 5.91 Å². The van der Waals surface area contributed by atoms with Crippen molar-refractivity contribution in [1.82, 2.24) is 10.3 Å². The summed E-state index contributed by atoms with van der Waals surface area (Å²) in [5.41, 5.74) is 5.84. The molecule has 0 saturated carbocycles. The van der Waals surface area contributed by atoms with Crippen molar-refractivity contribution in [2.45, 2.75) is 13.5 Å². The molecular formula is C22H21N5O2. The van der Waals surface area contributed by atoms with Gasteiger partial charge in [-0.15, -0.1) is 0 Å². The maximum absolute atomic E-state index is 13.1. The molecule has 1 aromatic heterocycles. The summed E-state index contributed by atoms with van der Waals surface area (Å²) in [6, 6.07) is 13.0. The lowest BCUT2D eigenvalue weighted by atomic mass is 10.1. The molecule has 0 atom stereocenters. The predicted molar refractivity (Wildman–Crippen MR) is 115 cm³/mol. The van der Waals surface area contributed by atoms with Crippen LogP contribution in [0.4, 0.5) is 28.6 Å². The second-order valence-corrected chi connectivity index (χ2v) is 6.89. The summed E-state index contributed by atoms with van der Waals surface area (Å²) >= 11 is 0. The average Bonchev–Trinajstić information content (AvgIpc) is 2.86. The maximum Gasteiger partial charge on any atom is 0.261 e. The molecule has 1 aliphatic heterocycles. The maximum atomic E-state index is 13.1. The molecule has 0 saturated heterocycles. The molecule has 0 aliphatic carbocycles. The summed E-state index contributed by atoms with van der Waals surface area (Å²) in [5, 5.41) is 12.6. The smallest absolute Gasteiger partial charge is 0.261 e. The summed E-state index contributed by atoms with van der Waals surface area (Å²) in [6.45, 7) is 2.64. The lowest BCUT2D eigenvalue weighted by molar-refractivity contribution is 0.102. The Kier molecular flexibility index (Phi) is 4.97. The Labute approximate surface area is 168 Å². The van der Waals surface area contributed by atoms with Gasteiger partial charge in [0.1, 0.15) is 17.7 Å². The Hall–Kier alpha value is -3.71. The fourth-order valence-electron chi connectivity index (χ4n) is 3.31. The van der Waals surface area contributed by atoms with Crippen LogP contribution in [0.2, 0.25) is 0 Å². The van der Waals surface area contributed by atoms with Crippen LogP contribution in [0.3, 0.4) is 0 Å². The molecule has 1 aliphatic rings. The van der Waals surface area contributed by atoms with E-state index in [1.165, 1.54) is 0 Å². The van der Waals surface area contributed by atoms with Crippen LogP contribution in [0.1, 0.15) is 31.8 Å². The highest BCUT2D eigenvalue weighted by molar-refractivity contribution is 6.15. The zero-order chi connectivity index (χ0) is 20.4.